The van der Waals surface area contributed by atoms with Crippen LogP contribution in [-0.2, 0) is 0 Å². The second-order valence-corrected chi connectivity index (χ2v) is 7.50. The third kappa shape index (κ3) is 3.14. The minimum absolute atomic E-state index is 0.0309. The second kappa shape index (κ2) is 7.19. The Morgan fingerprint density at radius 2 is 1.97 bits per heavy atom. The highest BCUT2D eigenvalue weighted by Gasteiger charge is 2.27. The van der Waals surface area contributed by atoms with Crippen molar-refractivity contribution < 1.29 is 4.39 Å². The number of nitrogen functional groups attached to an aromatic ring is 1. The van der Waals surface area contributed by atoms with E-state index in [0.29, 0.717) is 5.56 Å². The van der Waals surface area contributed by atoms with Crippen LogP contribution in [0.2, 0.25) is 0 Å². The van der Waals surface area contributed by atoms with E-state index in [4.69, 9.17) is 5.73 Å². The Labute approximate surface area is 174 Å². The topological polar surface area (TPSA) is 54.2 Å². The number of aryl methyl sites for hydroxylation is 1. The van der Waals surface area contributed by atoms with Crippen LogP contribution in [0.5, 0.6) is 0 Å². The van der Waals surface area contributed by atoms with Gasteiger partial charge in [0.2, 0.25) is 0 Å². The van der Waals surface area contributed by atoms with Crippen molar-refractivity contribution in [3.05, 3.63) is 114 Å². The Bertz CT molecular complexity index is 1230. The molecule has 2 aliphatic heterocycles. The molecule has 2 aromatic carbocycles. The molecule has 30 heavy (non-hydrogen) atoms. The van der Waals surface area contributed by atoms with Gasteiger partial charge in [0.1, 0.15) is 12.0 Å². The summed E-state index contributed by atoms with van der Waals surface area (Å²) in [6, 6.07) is 17.0. The molecule has 0 bridgehead atoms. The highest BCUT2D eigenvalue weighted by atomic mass is 19.1. The molecule has 0 radical (unpaired) electrons. The van der Waals surface area contributed by atoms with Gasteiger partial charge in [-0.3, -0.25) is 4.98 Å². The SMILES string of the molecule is Cc1cc(-c2ncccc2C2=CN3C(=CNC3c3cccc(N)c3)C=C2)ccc1F. The third-order valence-electron chi connectivity index (χ3n) is 5.45. The number of benzene rings is 2. The number of pyridine rings is 1. The Morgan fingerprint density at radius 3 is 2.80 bits per heavy atom. The molecule has 0 saturated heterocycles. The summed E-state index contributed by atoms with van der Waals surface area (Å²) in [7, 11) is 0. The van der Waals surface area contributed by atoms with Crippen molar-refractivity contribution in [2.24, 2.45) is 0 Å². The number of hydrogen-bond acceptors (Lipinski definition) is 4. The van der Waals surface area contributed by atoms with Gasteiger partial charge < -0.3 is 16.0 Å². The largest absolute Gasteiger partial charge is 0.399 e. The van der Waals surface area contributed by atoms with E-state index in [1.807, 2.05) is 42.6 Å². The minimum atomic E-state index is -0.212. The molecule has 1 aromatic heterocycles. The number of halogens is 1. The van der Waals surface area contributed by atoms with Gasteiger partial charge in [-0.05, 0) is 60.5 Å². The molecule has 0 aliphatic carbocycles. The Morgan fingerprint density at radius 1 is 1.07 bits per heavy atom. The van der Waals surface area contributed by atoms with Crippen LogP contribution in [0.25, 0.3) is 16.8 Å². The third-order valence-corrected chi connectivity index (χ3v) is 5.45. The molecule has 0 saturated carbocycles. The number of hydrogen-bond donors (Lipinski definition) is 2. The lowest BCUT2D eigenvalue weighted by molar-refractivity contribution is 0.361. The zero-order valence-corrected chi connectivity index (χ0v) is 16.5. The fourth-order valence-corrected chi connectivity index (χ4v) is 3.93. The van der Waals surface area contributed by atoms with Crippen LogP contribution >= 0.6 is 0 Å². The first kappa shape index (κ1) is 18.2. The molecular formula is C25H21FN4. The van der Waals surface area contributed by atoms with E-state index in [2.05, 4.69) is 39.6 Å². The summed E-state index contributed by atoms with van der Waals surface area (Å²) in [6.45, 7) is 1.77. The van der Waals surface area contributed by atoms with E-state index in [0.717, 1.165) is 39.3 Å². The fourth-order valence-electron chi connectivity index (χ4n) is 3.93. The average molecular weight is 396 g/mol. The Balaban J connectivity index is 1.55. The summed E-state index contributed by atoms with van der Waals surface area (Å²) in [6.07, 6.45) is 10.0. The van der Waals surface area contributed by atoms with Crippen molar-refractivity contribution in [2.45, 2.75) is 13.1 Å². The molecule has 5 rings (SSSR count). The second-order valence-electron chi connectivity index (χ2n) is 7.50. The van der Waals surface area contributed by atoms with E-state index < -0.39 is 0 Å². The van der Waals surface area contributed by atoms with Gasteiger partial charge in [0.05, 0.1) is 11.4 Å². The Hall–Kier alpha value is -3.86. The lowest BCUT2D eigenvalue weighted by Crippen LogP contribution is -2.25. The van der Waals surface area contributed by atoms with Crippen LogP contribution in [0, 0.1) is 12.7 Å². The van der Waals surface area contributed by atoms with Crippen molar-refractivity contribution in [1.29, 1.82) is 0 Å². The molecule has 3 N–H and O–H groups in total. The normalized spacial score (nSPS) is 17.3. The number of nitrogens with zero attached hydrogens (tertiary/aromatic N) is 2. The smallest absolute Gasteiger partial charge is 0.129 e. The van der Waals surface area contributed by atoms with Gasteiger partial charge in [-0.1, -0.05) is 24.3 Å². The van der Waals surface area contributed by atoms with Gasteiger partial charge in [0, 0.05) is 41.0 Å². The van der Waals surface area contributed by atoms with E-state index >= 15 is 0 Å². The van der Waals surface area contributed by atoms with E-state index in [1.54, 1.807) is 19.2 Å². The molecule has 4 nitrogen and oxygen atoms in total. The van der Waals surface area contributed by atoms with Crippen molar-refractivity contribution in [3.8, 4) is 11.3 Å². The Kier molecular flexibility index (Phi) is 4.36. The predicted octanol–water partition coefficient (Wildman–Crippen LogP) is 5.13. The quantitative estimate of drug-likeness (QED) is 0.603. The zero-order chi connectivity index (χ0) is 20.7. The lowest BCUT2D eigenvalue weighted by Gasteiger charge is -2.28. The number of fused-ring (bicyclic) bond motifs is 1. The van der Waals surface area contributed by atoms with E-state index in [-0.39, 0.29) is 12.0 Å². The molecule has 0 fully saturated rings. The summed E-state index contributed by atoms with van der Waals surface area (Å²) in [5, 5.41) is 3.43. The van der Waals surface area contributed by atoms with Crippen molar-refractivity contribution in [2.75, 3.05) is 5.73 Å². The van der Waals surface area contributed by atoms with Gasteiger partial charge in [0.25, 0.3) is 0 Å². The van der Waals surface area contributed by atoms with Crippen LogP contribution in [0.4, 0.5) is 10.1 Å². The first-order valence-electron chi connectivity index (χ1n) is 9.82. The fraction of sp³-hybridized carbons (Fsp3) is 0.0800. The number of aromatic nitrogens is 1. The molecule has 0 amide bonds. The number of nitrogens with one attached hydrogen (secondary N) is 1. The molecule has 2 aliphatic rings. The first-order chi connectivity index (χ1) is 14.6. The monoisotopic (exact) mass is 396 g/mol. The molecule has 3 aromatic rings. The molecule has 148 valence electrons. The number of nitrogens with two attached hydrogens (primary N) is 1. The average Bonchev–Trinajstić information content (AvgIpc) is 3.19. The van der Waals surface area contributed by atoms with Crippen molar-refractivity contribution in [3.63, 3.8) is 0 Å². The van der Waals surface area contributed by atoms with Crippen molar-refractivity contribution >= 4 is 11.3 Å². The maximum Gasteiger partial charge on any atom is 0.129 e. The predicted molar refractivity (Wildman–Crippen MR) is 118 cm³/mol. The summed E-state index contributed by atoms with van der Waals surface area (Å²) in [5.74, 6) is -0.212. The molecular weight excluding hydrogens is 375 g/mol. The van der Waals surface area contributed by atoms with Crippen molar-refractivity contribution in [1.82, 2.24) is 15.2 Å². The van der Waals surface area contributed by atoms with Crippen LogP contribution < -0.4 is 11.1 Å². The minimum Gasteiger partial charge on any atom is -0.399 e. The van der Waals surface area contributed by atoms with Gasteiger partial charge >= 0.3 is 0 Å². The molecule has 0 spiro atoms. The van der Waals surface area contributed by atoms with Crippen LogP contribution in [0.15, 0.2) is 91.0 Å². The molecule has 1 unspecified atom stereocenters. The maximum absolute atomic E-state index is 13.8. The van der Waals surface area contributed by atoms with Gasteiger partial charge in [0.15, 0.2) is 0 Å². The number of anilines is 1. The first-order valence-corrected chi connectivity index (χ1v) is 9.82. The summed E-state index contributed by atoms with van der Waals surface area (Å²) in [4.78, 5) is 6.80. The molecule has 3 heterocycles. The maximum atomic E-state index is 13.8. The van der Waals surface area contributed by atoms with E-state index in [1.165, 1.54) is 6.07 Å². The highest BCUT2D eigenvalue weighted by molar-refractivity contribution is 5.85. The number of allylic oxidation sites excluding steroid dienone is 3. The summed E-state index contributed by atoms with van der Waals surface area (Å²) in [5.41, 5.74) is 13.3. The van der Waals surface area contributed by atoms with Gasteiger partial charge in [-0.25, -0.2) is 4.39 Å². The highest BCUT2D eigenvalue weighted by Crippen LogP contribution is 2.37. The molecule has 1 atom stereocenters. The zero-order valence-electron chi connectivity index (χ0n) is 16.5. The van der Waals surface area contributed by atoms with Gasteiger partial charge in [-0.15, -0.1) is 0 Å². The lowest BCUT2D eigenvalue weighted by atomic mass is 9.97. The van der Waals surface area contributed by atoms with Gasteiger partial charge in [-0.2, -0.15) is 0 Å². The number of rotatable bonds is 3. The summed E-state index contributed by atoms with van der Waals surface area (Å²) < 4.78 is 13.8. The van der Waals surface area contributed by atoms with Crippen LogP contribution in [0.1, 0.15) is 22.9 Å². The standard InChI is InChI=1S/C25H21FN4/c1-16-12-17(8-10-23(16)26)24-22(6-3-11-28-24)19-7-9-21-14-29-25(30(21)15-19)18-4-2-5-20(27)13-18/h2-15,25,29H,27H2,1H3. The summed E-state index contributed by atoms with van der Waals surface area (Å²) >= 11 is 0. The molecule has 5 heteroatoms. The van der Waals surface area contributed by atoms with E-state index in [9.17, 15) is 4.39 Å². The van der Waals surface area contributed by atoms with Crippen LogP contribution in [0.3, 0.4) is 0 Å². The van der Waals surface area contributed by atoms with Crippen LogP contribution in [-0.4, -0.2) is 9.88 Å².